The first-order valence-electron chi connectivity index (χ1n) is 7.90. The molecular weight excluding hydrogens is 310 g/mol. The number of ether oxygens (including phenoxy) is 1. The van der Waals surface area contributed by atoms with Gasteiger partial charge in [0.2, 0.25) is 5.95 Å². The fraction of sp³-hybridized carbons (Fsp3) is 0.278. The minimum atomic E-state index is 0.204. The van der Waals surface area contributed by atoms with E-state index in [0.717, 1.165) is 48.7 Å². The summed E-state index contributed by atoms with van der Waals surface area (Å²) in [5.74, 6) is 1.72. The zero-order valence-electron chi connectivity index (χ0n) is 12.7. The lowest BCUT2D eigenvalue weighted by Crippen LogP contribution is -2.38. The van der Waals surface area contributed by atoms with E-state index in [-0.39, 0.29) is 6.10 Å². The monoisotopic (exact) mass is 327 g/mol. The van der Waals surface area contributed by atoms with E-state index in [9.17, 15) is 0 Å². The molecule has 0 aliphatic carbocycles. The smallest absolute Gasteiger partial charge is 0.203 e. The number of para-hydroxylation sites is 3. The molecule has 0 saturated carbocycles. The molecule has 4 rings (SSSR count). The van der Waals surface area contributed by atoms with Gasteiger partial charge in [0.25, 0.3) is 0 Å². The van der Waals surface area contributed by atoms with Gasteiger partial charge in [0.05, 0.1) is 16.1 Å². The van der Waals surface area contributed by atoms with Crippen LogP contribution in [0.4, 0.5) is 5.95 Å². The zero-order chi connectivity index (χ0) is 15.6. The predicted molar refractivity (Wildman–Crippen MR) is 93.4 cm³/mol. The molecule has 23 heavy (non-hydrogen) atoms. The van der Waals surface area contributed by atoms with Crippen LogP contribution in [0.25, 0.3) is 11.0 Å². The average Bonchev–Trinajstić information content (AvgIpc) is 3.02. The maximum absolute atomic E-state index is 6.16. The van der Waals surface area contributed by atoms with Crippen molar-refractivity contribution in [3.63, 3.8) is 0 Å². The molecular formula is C18H18ClN3O. The van der Waals surface area contributed by atoms with E-state index in [0.29, 0.717) is 5.02 Å². The van der Waals surface area contributed by atoms with Crippen molar-refractivity contribution < 1.29 is 4.74 Å². The number of hydrogen-bond donors (Lipinski definition) is 1. The lowest BCUT2D eigenvalue weighted by atomic mass is 10.1. The van der Waals surface area contributed by atoms with Crippen LogP contribution in [-0.2, 0) is 0 Å². The molecule has 1 N–H and O–H groups in total. The molecule has 1 fully saturated rings. The molecule has 1 aromatic heterocycles. The number of hydrogen-bond acceptors (Lipinski definition) is 3. The summed E-state index contributed by atoms with van der Waals surface area (Å²) >= 11 is 6.16. The number of aromatic amines is 1. The SMILES string of the molecule is Clc1ccccc1OC1CCN(c2nc3ccccc3[nH]2)CC1. The molecule has 118 valence electrons. The van der Waals surface area contributed by atoms with E-state index in [1.165, 1.54) is 0 Å². The molecule has 0 unspecified atom stereocenters. The van der Waals surface area contributed by atoms with E-state index < -0.39 is 0 Å². The Hall–Kier alpha value is -2.20. The molecule has 4 nitrogen and oxygen atoms in total. The Balaban J connectivity index is 1.41. The Morgan fingerprint density at radius 3 is 2.57 bits per heavy atom. The number of anilines is 1. The van der Waals surface area contributed by atoms with Crippen molar-refractivity contribution in [3.05, 3.63) is 53.6 Å². The Labute approximate surface area is 140 Å². The van der Waals surface area contributed by atoms with Gasteiger partial charge in [-0.25, -0.2) is 4.98 Å². The van der Waals surface area contributed by atoms with E-state index in [1.54, 1.807) is 0 Å². The van der Waals surface area contributed by atoms with Crippen molar-refractivity contribution in [2.75, 3.05) is 18.0 Å². The highest BCUT2D eigenvalue weighted by Crippen LogP contribution is 2.28. The Morgan fingerprint density at radius 1 is 1.04 bits per heavy atom. The summed E-state index contributed by atoms with van der Waals surface area (Å²) in [6.45, 7) is 1.85. The molecule has 1 aliphatic heterocycles. The number of nitrogens with zero attached hydrogens (tertiary/aromatic N) is 2. The highest BCUT2D eigenvalue weighted by molar-refractivity contribution is 6.32. The Bertz CT molecular complexity index is 776. The first-order valence-corrected chi connectivity index (χ1v) is 8.28. The summed E-state index contributed by atoms with van der Waals surface area (Å²) in [6.07, 6.45) is 2.13. The molecule has 0 atom stereocenters. The summed E-state index contributed by atoms with van der Waals surface area (Å²) in [7, 11) is 0. The van der Waals surface area contributed by atoms with Crippen LogP contribution in [0.3, 0.4) is 0 Å². The topological polar surface area (TPSA) is 41.1 Å². The van der Waals surface area contributed by atoms with Crippen LogP contribution in [0.5, 0.6) is 5.75 Å². The zero-order valence-corrected chi connectivity index (χ0v) is 13.5. The predicted octanol–water partition coefficient (Wildman–Crippen LogP) is 4.26. The highest BCUT2D eigenvalue weighted by Gasteiger charge is 2.23. The van der Waals surface area contributed by atoms with Crippen LogP contribution in [0.2, 0.25) is 5.02 Å². The first-order chi connectivity index (χ1) is 11.3. The number of rotatable bonds is 3. The van der Waals surface area contributed by atoms with Gasteiger partial charge in [-0.05, 0) is 24.3 Å². The number of benzene rings is 2. The lowest BCUT2D eigenvalue weighted by molar-refractivity contribution is 0.170. The van der Waals surface area contributed by atoms with E-state index in [2.05, 4.69) is 20.9 Å². The fourth-order valence-corrected chi connectivity index (χ4v) is 3.17. The molecule has 1 aliphatic rings. The summed E-state index contributed by atoms with van der Waals surface area (Å²) in [4.78, 5) is 10.3. The molecule has 0 radical (unpaired) electrons. The van der Waals surface area contributed by atoms with Gasteiger partial charge in [0.15, 0.2) is 0 Å². The normalized spacial score (nSPS) is 16.0. The number of imidazole rings is 1. The van der Waals surface area contributed by atoms with Gasteiger partial charge in [0, 0.05) is 25.9 Å². The molecule has 5 heteroatoms. The van der Waals surface area contributed by atoms with Crippen LogP contribution in [0, 0.1) is 0 Å². The summed E-state index contributed by atoms with van der Waals surface area (Å²) < 4.78 is 6.04. The van der Waals surface area contributed by atoms with Gasteiger partial charge in [-0.2, -0.15) is 0 Å². The largest absolute Gasteiger partial charge is 0.489 e. The lowest BCUT2D eigenvalue weighted by Gasteiger charge is -2.32. The van der Waals surface area contributed by atoms with Crippen molar-refractivity contribution in [2.24, 2.45) is 0 Å². The van der Waals surface area contributed by atoms with Crippen LogP contribution in [0.15, 0.2) is 48.5 Å². The summed E-state index contributed by atoms with van der Waals surface area (Å²) in [6, 6.07) is 15.8. The van der Waals surface area contributed by atoms with E-state index >= 15 is 0 Å². The van der Waals surface area contributed by atoms with Gasteiger partial charge in [0.1, 0.15) is 11.9 Å². The number of H-pyrrole nitrogens is 1. The third kappa shape index (κ3) is 2.99. The van der Waals surface area contributed by atoms with Crippen molar-refractivity contribution in [3.8, 4) is 5.75 Å². The third-order valence-electron chi connectivity index (χ3n) is 4.25. The molecule has 2 aromatic carbocycles. The van der Waals surface area contributed by atoms with Crippen LogP contribution in [0.1, 0.15) is 12.8 Å². The van der Waals surface area contributed by atoms with Crippen LogP contribution < -0.4 is 9.64 Å². The van der Waals surface area contributed by atoms with Crippen LogP contribution in [-0.4, -0.2) is 29.2 Å². The maximum atomic E-state index is 6.16. The highest BCUT2D eigenvalue weighted by atomic mass is 35.5. The van der Waals surface area contributed by atoms with Crippen molar-refractivity contribution in [2.45, 2.75) is 18.9 Å². The molecule has 0 amide bonds. The summed E-state index contributed by atoms with van der Waals surface area (Å²) in [5.41, 5.74) is 2.09. The number of halogens is 1. The maximum Gasteiger partial charge on any atom is 0.203 e. The first kappa shape index (κ1) is 14.4. The Kier molecular flexibility index (Phi) is 3.83. The number of fused-ring (bicyclic) bond motifs is 1. The standard InChI is InChI=1S/C18H18ClN3O/c19-14-5-1-4-8-17(14)23-13-9-11-22(12-10-13)18-20-15-6-2-3-7-16(15)21-18/h1-8,13H,9-12H2,(H,20,21). The van der Waals surface area contributed by atoms with Crippen molar-refractivity contribution in [1.29, 1.82) is 0 Å². The Morgan fingerprint density at radius 2 is 1.78 bits per heavy atom. The second-order valence-corrected chi connectivity index (χ2v) is 6.22. The van der Waals surface area contributed by atoms with Gasteiger partial charge >= 0.3 is 0 Å². The van der Waals surface area contributed by atoms with Crippen LogP contribution >= 0.6 is 11.6 Å². The minimum absolute atomic E-state index is 0.204. The molecule has 1 saturated heterocycles. The van der Waals surface area contributed by atoms with E-state index in [1.807, 2.05) is 42.5 Å². The summed E-state index contributed by atoms with van der Waals surface area (Å²) in [5, 5.41) is 0.673. The number of piperidine rings is 1. The number of aromatic nitrogens is 2. The quantitative estimate of drug-likeness (QED) is 0.781. The molecule has 0 bridgehead atoms. The molecule has 3 aromatic rings. The van der Waals surface area contributed by atoms with Gasteiger partial charge in [-0.15, -0.1) is 0 Å². The van der Waals surface area contributed by atoms with Gasteiger partial charge < -0.3 is 14.6 Å². The van der Waals surface area contributed by atoms with Gasteiger partial charge in [-0.3, -0.25) is 0 Å². The molecule has 0 spiro atoms. The average molecular weight is 328 g/mol. The third-order valence-corrected chi connectivity index (χ3v) is 4.56. The minimum Gasteiger partial charge on any atom is -0.489 e. The molecule has 2 heterocycles. The second-order valence-electron chi connectivity index (χ2n) is 5.81. The fourth-order valence-electron chi connectivity index (χ4n) is 2.99. The van der Waals surface area contributed by atoms with Crippen molar-refractivity contribution in [1.82, 2.24) is 9.97 Å². The van der Waals surface area contributed by atoms with Gasteiger partial charge in [-0.1, -0.05) is 35.9 Å². The van der Waals surface area contributed by atoms with Crippen molar-refractivity contribution >= 4 is 28.6 Å². The second kappa shape index (κ2) is 6.13. The number of nitrogens with one attached hydrogen (secondary N) is 1. The van der Waals surface area contributed by atoms with E-state index in [4.69, 9.17) is 16.3 Å².